The van der Waals surface area contributed by atoms with E-state index in [4.69, 9.17) is 0 Å². The molecule has 1 atom stereocenters. The number of nitrogens with zero attached hydrogens (tertiary/aromatic N) is 1. The van der Waals surface area contributed by atoms with E-state index in [1.54, 1.807) is 0 Å². The fraction of sp³-hybridized carbons (Fsp3) is 0.562. The second kappa shape index (κ2) is 13.7. The number of amides is 2. The maximum atomic E-state index is 13.6. The summed E-state index contributed by atoms with van der Waals surface area (Å²) in [6, 6.07) is 15.2. The number of nitrogens with one attached hydrogen (secondary N) is 2. The molecule has 218 valence electrons. The van der Waals surface area contributed by atoms with E-state index in [-0.39, 0.29) is 5.91 Å². The fourth-order valence-corrected chi connectivity index (χ4v) is 6.41. The van der Waals surface area contributed by atoms with Gasteiger partial charge in [0.15, 0.2) is 0 Å². The highest BCUT2D eigenvalue weighted by Crippen LogP contribution is 2.51. The lowest BCUT2D eigenvalue weighted by Gasteiger charge is -2.34. The molecule has 2 aromatic rings. The number of hydrogen-bond acceptors (Lipinski definition) is 3. The standard InChI is InChI=1S/C32H42F3N3O2/c1-2-3-4-17-29(39)36-21-24-12-11-20-38(22-24)19-10-9-18-31(30(40)37-23-32(33,34)35)27-15-7-5-13-25(27)26-14-6-8-16-28(26)31/h5-8,13-16,24H,2-4,9-12,17-23H2,1H3,(H,36,39)(H,37,40). The van der Waals surface area contributed by atoms with Crippen LogP contribution in [-0.2, 0) is 15.0 Å². The number of unbranched alkanes of at least 4 members (excludes halogenated alkanes) is 3. The van der Waals surface area contributed by atoms with Crippen LogP contribution in [0.5, 0.6) is 0 Å². The molecule has 1 heterocycles. The second-order valence-corrected chi connectivity index (χ2v) is 11.3. The van der Waals surface area contributed by atoms with E-state index in [2.05, 4.69) is 22.5 Å². The van der Waals surface area contributed by atoms with Crippen molar-refractivity contribution in [3.63, 3.8) is 0 Å². The Bertz CT molecular complexity index is 1100. The largest absolute Gasteiger partial charge is 0.405 e. The minimum Gasteiger partial charge on any atom is -0.356 e. The van der Waals surface area contributed by atoms with Crippen molar-refractivity contribution in [1.29, 1.82) is 0 Å². The van der Waals surface area contributed by atoms with Crippen molar-refractivity contribution in [2.45, 2.75) is 76.3 Å². The van der Waals surface area contributed by atoms with Crippen molar-refractivity contribution in [1.82, 2.24) is 15.5 Å². The lowest BCUT2D eigenvalue weighted by Crippen LogP contribution is -2.47. The molecule has 1 aliphatic heterocycles. The number of halogens is 3. The maximum absolute atomic E-state index is 13.6. The Kier molecular flexibility index (Phi) is 10.3. The zero-order valence-electron chi connectivity index (χ0n) is 23.5. The monoisotopic (exact) mass is 557 g/mol. The molecule has 0 bridgehead atoms. The molecular formula is C32H42F3N3O2. The quantitative estimate of drug-likeness (QED) is 0.288. The van der Waals surface area contributed by atoms with Crippen molar-refractivity contribution < 1.29 is 22.8 Å². The third kappa shape index (κ3) is 7.25. The number of fused-ring (bicyclic) bond motifs is 3. The average Bonchev–Trinajstić information content (AvgIpc) is 3.24. The van der Waals surface area contributed by atoms with Gasteiger partial charge in [-0.05, 0) is 73.4 Å². The van der Waals surface area contributed by atoms with Crippen LogP contribution in [0, 0.1) is 5.92 Å². The zero-order valence-corrected chi connectivity index (χ0v) is 23.5. The molecule has 1 aliphatic carbocycles. The van der Waals surface area contributed by atoms with E-state index in [1.807, 2.05) is 48.5 Å². The lowest BCUT2D eigenvalue weighted by atomic mass is 9.73. The van der Waals surface area contributed by atoms with Crippen molar-refractivity contribution >= 4 is 11.8 Å². The van der Waals surface area contributed by atoms with E-state index in [9.17, 15) is 22.8 Å². The molecule has 5 nitrogen and oxygen atoms in total. The summed E-state index contributed by atoms with van der Waals surface area (Å²) < 4.78 is 39.3. The van der Waals surface area contributed by atoms with E-state index >= 15 is 0 Å². The summed E-state index contributed by atoms with van der Waals surface area (Å²) in [6.45, 7) is 4.29. The number of rotatable bonds is 13. The van der Waals surface area contributed by atoms with Gasteiger partial charge < -0.3 is 15.5 Å². The summed E-state index contributed by atoms with van der Waals surface area (Å²) in [5.74, 6) is -0.0244. The Labute approximate surface area is 235 Å². The molecule has 0 radical (unpaired) electrons. The first-order valence-corrected chi connectivity index (χ1v) is 14.8. The summed E-state index contributed by atoms with van der Waals surface area (Å²) in [5, 5.41) is 5.32. The Morgan fingerprint density at radius 2 is 1.62 bits per heavy atom. The highest BCUT2D eigenvalue weighted by molar-refractivity contribution is 6.00. The summed E-state index contributed by atoms with van der Waals surface area (Å²) in [4.78, 5) is 28.2. The van der Waals surface area contributed by atoms with Crippen LogP contribution in [0.15, 0.2) is 48.5 Å². The number of carbonyl (C=O) groups excluding carboxylic acids is 2. The van der Waals surface area contributed by atoms with Gasteiger partial charge in [-0.3, -0.25) is 9.59 Å². The van der Waals surface area contributed by atoms with Gasteiger partial charge in [0, 0.05) is 19.5 Å². The molecule has 2 amide bonds. The van der Waals surface area contributed by atoms with Gasteiger partial charge >= 0.3 is 6.18 Å². The Morgan fingerprint density at radius 3 is 2.27 bits per heavy atom. The molecule has 2 N–H and O–H groups in total. The van der Waals surface area contributed by atoms with Crippen LogP contribution in [0.2, 0.25) is 0 Å². The van der Waals surface area contributed by atoms with E-state index in [0.29, 0.717) is 31.7 Å². The van der Waals surface area contributed by atoms with E-state index in [1.165, 1.54) is 0 Å². The van der Waals surface area contributed by atoms with Gasteiger partial charge in [0.1, 0.15) is 12.0 Å². The number of benzene rings is 2. The summed E-state index contributed by atoms with van der Waals surface area (Å²) in [7, 11) is 0. The molecular weight excluding hydrogens is 515 g/mol. The first-order valence-electron chi connectivity index (χ1n) is 14.8. The fourth-order valence-electron chi connectivity index (χ4n) is 6.41. The van der Waals surface area contributed by atoms with E-state index in [0.717, 1.165) is 80.4 Å². The molecule has 1 unspecified atom stereocenters. The van der Waals surface area contributed by atoms with Crippen LogP contribution in [0.1, 0.15) is 75.8 Å². The minimum absolute atomic E-state index is 0.136. The topological polar surface area (TPSA) is 61.4 Å². The molecule has 2 aromatic carbocycles. The van der Waals surface area contributed by atoms with Crippen LogP contribution in [0.3, 0.4) is 0 Å². The van der Waals surface area contributed by atoms with Crippen molar-refractivity contribution in [2.75, 3.05) is 32.7 Å². The van der Waals surface area contributed by atoms with Gasteiger partial charge in [-0.15, -0.1) is 0 Å². The van der Waals surface area contributed by atoms with Crippen molar-refractivity contribution in [3.8, 4) is 11.1 Å². The SMILES string of the molecule is CCCCCC(=O)NCC1CCCN(CCCCC2(C(=O)NCC(F)(F)F)c3ccccc3-c3ccccc32)C1. The van der Waals surface area contributed by atoms with Crippen LogP contribution in [0.4, 0.5) is 13.2 Å². The predicted octanol–water partition coefficient (Wildman–Crippen LogP) is 6.21. The van der Waals surface area contributed by atoms with E-state index < -0.39 is 24.0 Å². The smallest absolute Gasteiger partial charge is 0.356 e. The van der Waals surface area contributed by atoms with Crippen LogP contribution >= 0.6 is 0 Å². The molecule has 4 rings (SSSR count). The molecule has 40 heavy (non-hydrogen) atoms. The first kappa shape index (κ1) is 30.1. The highest BCUT2D eigenvalue weighted by atomic mass is 19.4. The van der Waals surface area contributed by atoms with Gasteiger partial charge in [-0.2, -0.15) is 13.2 Å². The molecule has 0 saturated carbocycles. The van der Waals surface area contributed by atoms with Crippen molar-refractivity contribution in [2.24, 2.45) is 5.92 Å². The van der Waals surface area contributed by atoms with Gasteiger partial charge in [-0.25, -0.2) is 0 Å². The van der Waals surface area contributed by atoms with Gasteiger partial charge in [0.25, 0.3) is 0 Å². The zero-order chi connectivity index (χ0) is 28.6. The summed E-state index contributed by atoms with van der Waals surface area (Å²) in [5.41, 5.74) is 2.24. The van der Waals surface area contributed by atoms with Gasteiger partial charge in [-0.1, -0.05) is 74.7 Å². The summed E-state index contributed by atoms with van der Waals surface area (Å²) >= 11 is 0. The van der Waals surface area contributed by atoms with Gasteiger partial charge in [0.05, 0.1) is 0 Å². The van der Waals surface area contributed by atoms with Crippen LogP contribution < -0.4 is 10.6 Å². The molecule has 0 spiro atoms. The summed E-state index contributed by atoms with van der Waals surface area (Å²) in [6.07, 6.45) is 3.40. The highest BCUT2D eigenvalue weighted by Gasteiger charge is 2.49. The number of likely N-dealkylation sites (tertiary alicyclic amines) is 1. The minimum atomic E-state index is -4.48. The molecule has 2 aliphatic rings. The Balaban J connectivity index is 1.38. The van der Waals surface area contributed by atoms with Crippen molar-refractivity contribution in [3.05, 3.63) is 59.7 Å². The average molecular weight is 558 g/mol. The Hall–Kier alpha value is -2.87. The molecule has 1 saturated heterocycles. The van der Waals surface area contributed by atoms with Crippen LogP contribution in [0.25, 0.3) is 11.1 Å². The second-order valence-electron chi connectivity index (χ2n) is 11.3. The number of piperidine rings is 1. The molecule has 1 fully saturated rings. The third-order valence-electron chi connectivity index (χ3n) is 8.38. The molecule has 8 heteroatoms. The number of alkyl halides is 3. The lowest BCUT2D eigenvalue weighted by molar-refractivity contribution is -0.141. The van der Waals surface area contributed by atoms with Crippen LogP contribution in [-0.4, -0.2) is 55.6 Å². The number of carbonyl (C=O) groups is 2. The molecule has 0 aromatic heterocycles. The maximum Gasteiger partial charge on any atom is 0.405 e. The normalized spacial score (nSPS) is 18.1. The Morgan fingerprint density at radius 1 is 0.950 bits per heavy atom. The first-order chi connectivity index (χ1) is 19.2. The van der Waals surface area contributed by atoms with Gasteiger partial charge in [0.2, 0.25) is 11.8 Å². The third-order valence-corrected chi connectivity index (χ3v) is 8.38. The predicted molar refractivity (Wildman–Crippen MR) is 152 cm³/mol. The number of hydrogen-bond donors (Lipinski definition) is 2.